The number of carbonyl (C=O) groups excluding carboxylic acids is 2. The van der Waals surface area contributed by atoms with Crippen LogP contribution >= 0.6 is 22.9 Å². The summed E-state index contributed by atoms with van der Waals surface area (Å²) < 4.78 is 5.32. The third kappa shape index (κ3) is 3.15. The summed E-state index contributed by atoms with van der Waals surface area (Å²) in [5, 5.41) is 5.44. The third-order valence-corrected chi connectivity index (χ3v) is 4.94. The number of nitrogens with one attached hydrogen (secondary N) is 1. The van der Waals surface area contributed by atoms with E-state index in [1.165, 1.54) is 23.3 Å². The molecule has 0 saturated carbocycles. The number of imide groups is 1. The van der Waals surface area contributed by atoms with Crippen LogP contribution in [-0.2, 0) is 9.59 Å². The smallest absolute Gasteiger partial charge is 0.278 e. The van der Waals surface area contributed by atoms with E-state index in [2.05, 4.69) is 5.32 Å². The molecule has 1 aromatic heterocycles. The molecule has 0 spiro atoms. The Kier molecular flexibility index (Phi) is 4.83. The molecule has 1 N–H and O–H groups in total. The third-order valence-electron chi connectivity index (χ3n) is 3.82. The van der Waals surface area contributed by atoms with Crippen LogP contribution in [0.15, 0.2) is 41.4 Å². The van der Waals surface area contributed by atoms with Crippen molar-refractivity contribution in [1.29, 1.82) is 0 Å². The van der Waals surface area contributed by atoms with Crippen LogP contribution in [-0.4, -0.2) is 29.9 Å². The fourth-order valence-corrected chi connectivity index (χ4v) is 3.63. The number of nitrogens with zero attached hydrogens (tertiary/aromatic N) is 1. The van der Waals surface area contributed by atoms with Gasteiger partial charge in [-0.1, -0.05) is 17.7 Å². The molecule has 2 aromatic rings. The largest absolute Gasteiger partial charge is 0.495 e. The summed E-state index contributed by atoms with van der Waals surface area (Å²) in [5.41, 5.74) is 1.14. The molecule has 5 nitrogen and oxygen atoms in total. The van der Waals surface area contributed by atoms with Crippen molar-refractivity contribution in [3.63, 3.8) is 0 Å². The summed E-state index contributed by atoms with van der Waals surface area (Å²) in [6.45, 7) is 3.62. The Morgan fingerprint density at radius 2 is 1.96 bits per heavy atom. The number of anilines is 1. The van der Waals surface area contributed by atoms with E-state index >= 15 is 0 Å². The zero-order valence-electron chi connectivity index (χ0n) is 14.0. The summed E-state index contributed by atoms with van der Waals surface area (Å²) in [6.07, 6.45) is 0. The molecular formula is C18H17ClN2O3S. The van der Waals surface area contributed by atoms with Crippen LogP contribution in [0, 0.1) is 0 Å². The maximum absolute atomic E-state index is 12.9. The average Bonchev–Trinajstić information content (AvgIpc) is 3.15. The highest BCUT2D eigenvalue weighted by Crippen LogP contribution is 2.36. The molecule has 130 valence electrons. The summed E-state index contributed by atoms with van der Waals surface area (Å²) in [4.78, 5) is 27.7. The van der Waals surface area contributed by atoms with Gasteiger partial charge in [-0.15, -0.1) is 11.3 Å². The van der Waals surface area contributed by atoms with Crippen molar-refractivity contribution in [3.05, 3.63) is 51.3 Å². The van der Waals surface area contributed by atoms with Gasteiger partial charge in [0.15, 0.2) is 0 Å². The molecule has 1 aliphatic rings. The molecule has 0 fully saturated rings. The molecule has 3 rings (SSSR count). The van der Waals surface area contributed by atoms with Crippen LogP contribution in [0.3, 0.4) is 0 Å². The van der Waals surface area contributed by atoms with E-state index in [1.807, 2.05) is 31.4 Å². The number of benzene rings is 1. The number of rotatable bonds is 5. The predicted octanol–water partition coefficient (Wildman–Crippen LogP) is 4.01. The van der Waals surface area contributed by atoms with Crippen molar-refractivity contribution >= 4 is 46.0 Å². The van der Waals surface area contributed by atoms with Gasteiger partial charge in [-0.05, 0) is 43.5 Å². The Morgan fingerprint density at radius 3 is 2.56 bits per heavy atom. The Hall–Kier alpha value is -2.31. The quantitative estimate of drug-likeness (QED) is 0.801. The van der Waals surface area contributed by atoms with Crippen molar-refractivity contribution in [2.75, 3.05) is 12.4 Å². The maximum Gasteiger partial charge on any atom is 0.278 e. The fourth-order valence-electron chi connectivity index (χ4n) is 2.69. The number of amides is 2. The van der Waals surface area contributed by atoms with Crippen molar-refractivity contribution in [2.24, 2.45) is 0 Å². The Balaban J connectivity index is 2.11. The van der Waals surface area contributed by atoms with Gasteiger partial charge in [-0.25, -0.2) is 0 Å². The molecule has 0 atom stereocenters. The standard InChI is InChI=1S/C18H17ClN2O3S/c1-10(2)21-17(22)15(14-5-4-8-25-14)16(18(21)23)20-12-9-11(19)6-7-13(12)24-3/h4-10,20H,1-3H3. The van der Waals surface area contributed by atoms with E-state index in [4.69, 9.17) is 16.3 Å². The number of ether oxygens (including phenoxy) is 1. The van der Waals surface area contributed by atoms with Gasteiger partial charge in [0.1, 0.15) is 11.4 Å². The van der Waals surface area contributed by atoms with Crippen molar-refractivity contribution in [3.8, 4) is 5.75 Å². The second-order valence-corrected chi connectivity index (χ2v) is 7.16. The van der Waals surface area contributed by atoms with Crippen LogP contribution in [0.5, 0.6) is 5.75 Å². The van der Waals surface area contributed by atoms with Crippen molar-refractivity contribution in [1.82, 2.24) is 4.90 Å². The molecule has 25 heavy (non-hydrogen) atoms. The molecule has 2 amide bonds. The molecule has 0 radical (unpaired) electrons. The summed E-state index contributed by atoms with van der Waals surface area (Å²) in [7, 11) is 1.53. The molecule has 0 unspecified atom stereocenters. The monoisotopic (exact) mass is 376 g/mol. The van der Waals surface area contributed by atoms with E-state index in [-0.39, 0.29) is 23.6 Å². The van der Waals surface area contributed by atoms with E-state index in [0.717, 1.165) is 4.88 Å². The summed E-state index contributed by atoms with van der Waals surface area (Å²) in [5.74, 6) is -0.123. The Morgan fingerprint density at radius 1 is 1.20 bits per heavy atom. The van der Waals surface area contributed by atoms with Crippen LogP contribution < -0.4 is 10.1 Å². The van der Waals surface area contributed by atoms with Crippen LogP contribution in [0.1, 0.15) is 18.7 Å². The molecule has 1 aromatic carbocycles. The van der Waals surface area contributed by atoms with Gasteiger partial charge >= 0.3 is 0 Å². The minimum atomic E-state index is -0.356. The highest BCUT2D eigenvalue weighted by molar-refractivity contribution is 7.11. The highest BCUT2D eigenvalue weighted by atomic mass is 35.5. The van der Waals surface area contributed by atoms with E-state index in [1.54, 1.807) is 18.2 Å². The molecule has 0 aliphatic carbocycles. The second kappa shape index (κ2) is 6.90. The van der Waals surface area contributed by atoms with Crippen molar-refractivity contribution < 1.29 is 14.3 Å². The van der Waals surface area contributed by atoms with E-state index in [0.29, 0.717) is 22.0 Å². The molecule has 0 bridgehead atoms. The minimum absolute atomic E-state index is 0.238. The second-order valence-electron chi connectivity index (χ2n) is 5.77. The van der Waals surface area contributed by atoms with Gasteiger partial charge in [0.05, 0.1) is 18.4 Å². The number of hydrogen-bond donors (Lipinski definition) is 1. The lowest BCUT2D eigenvalue weighted by molar-refractivity contribution is -0.138. The number of methoxy groups -OCH3 is 1. The first kappa shape index (κ1) is 17.5. The number of halogens is 1. The van der Waals surface area contributed by atoms with Crippen LogP contribution in [0.25, 0.3) is 5.57 Å². The first-order chi connectivity index (χ1) is 11.9. The lowest BCUT2D eigenvalue weighted by Gasteiger charge is -2.19. The van der Waals surface area contributed by atoms with Gasteiger partial charge in [0, 0.05) is 15.9 Å². The first-order valence-electron chi connectivity index (χ1n) is 7.70. The number of thiophene rings is 1. The van der Waals surface area contributed by atoms with E-state index in [9.17, 15) is 9.59 Å². The fraction of sp³-hybridized carbons (Fsp3) is 0.222. The first-order valence-corrected chi connectivity index (χ1v) is 8.96. The minimum Gasteiger partial charge on any atom is -0.495 e. The summed E-state index contributed by atoms with van der Waals surface area (Å²) in [6, 6.07) is 8.50. The van der Waals surface area contributed by atoms with Gasteiger partial charge in [0.25, 0.3) is 11.8 Å². The molecule has 7 heteroatoms. The zero-order valence-corrected chi connectivity index (χ0v) is 15.6. The predicted molar refractivity (Wildman–Crippen MR) is 99.9 cm³/mol. The topological polar surface area (TPSA) is 58.6 Å². The van der Waals surface area contributed by atoms with Crippen LogP contribution in [0.2, 0.25) is 5.02 Å². The molecular weight excluding hydrogens is 360 g/mol. The lowest BCUT2D eigenvalue weighted by atomic mass is 10.1. The van der Waals surface area contributed by atoms with E-state index < -0.39 is 0 Å². The molecule has 2 heterocycles. The zero-order chi connectivity index (χ0) is 18.1. The summed E-state index contributed by atoms with van der Waals surface area (Å²) >= 11 is 7.48. The average molecular weight is 377 g/mol. The highest BCUT2D eigenvalue weighted by Gasteiger charge is 2.41. The van der Waals surface area contributed by atoms with Gasteiger partial charge in [-0.3, -0.25) is 14.5 Å². The SMILES string of the molecule is COc1ccc(Cl)cc1NC1=C(c2cccs2)C(=O)N(C(C)C)C1=O. The van der Waals surface area contributed by atoms with Crippen molar-refractivity contribution in [2.45, 2.75) is 19.9 Å². The molecule has 1 aliphatic heterocycles. The normalized spacial score (nSPS) is 14.7. The van der Waals surface area contributed by atoms with Gasteiger partial charge in [0.2, 0.25) is 0 Å². The van der Waals surface area contributed by atoms with Gasteiger partial charge < -0.3 is 10.1 Å². The van der Waals surface area contributed by atoms with Gasteiger partial charge in [-0.2, -0.15) is 0 Å². The number of hydrogen-bond acceptors (Lipinski definition) is 5. The Labute approximate surface area is 154 Å². The number of carbonyl (C=O) groups is 2. The molecule has 0 saturated heterocycles. The Bertz CT molecular complexity index is 859. The van der Waals surface area contributed by atoms with Crippen LogP contribution in [0.4, 0.5) is 5.69 Å². The maximum atomic E-state index is 12.9. The lowest BCUT2D eigenvalue weighted by Crippen LogP contribution is -2.38.